The largest absolute Gasteiger partial charge is 0.399 e. The lowest BCUT2D eigenvalue weighted by Gasteiger charge is -2.38. The average Bonchev–Trinajstić information content (AvgIpc) is 2.44. The fourth-order valence-electron chi connectivity index (χ4n) is 2.90. The second kappa shape index (κ2) is 6.33. The van der Waals surface area contributed by atoms with E-state index in [1.165, 1.54) is 12.8 Å². The fourth-order valence-corrected chi connectivity index (χ4v) is 2.90. The molecule has 1 fully saturated rings. The van der Waals surface area contributed by atoms with Gasteiger partial charge >= 0.3 is 0 Å². The summed E-state index contributed by atoms with van der Waals surface area (Å²) in [6, 6.07) is 7.92. The molecule has 1 aliphatic carbocycles. The van der Waals surface area contributed by atoms with Crippen LogP contribution in [0, 0.1) is 5.41 Å². The predicted octanol–water partition coefficient (Wildman–Crippen LogP) is 3.71. The topological polar surface area (TPSA) is 46.3 Å². The van der Waals surface area contributed by atoms with E-state index in [4.69, 9.17) is 5.73 Å². The molecule has 0 spiro atoms. The Morgan fingerprint density at radius 1 is 1.33 bits per heavy atom. The van der Waals surface area contributed by atoms with Gasteiger partial charge in [-0.05, 0) is 54.9 Å². The van der Waals surface area contributed by atoms with E-state index in [9.17, 15) is 4.79 Å². The van der Waals surface area contributed by atoms with Crippen LogP contribution in [0.1, 0.15) is 45.1 Å². The molecule has 0 aromatic heterocycles. The highest BCUT2D eigenvalue weighted by molar-refractivity contribution is 5.91. The van der Waals surface area contributed by atoms with Gasteiger partial charge in [0.25, 0.3) is 0 Å². The quantitative estimate of drug-likeness (QED) is 0.680. The van der Waals surface area contributed by atoms with E-state index in [1.807, 2.05) is 42.3 Å². The van der Waals surface area contributed by atoms with Crippen molar-refractivity contribution in [1.82, 2.24) is 4.90 Å². The van der Waals surface area contributed by atoms with Crippen LogP contribution in [0.2, 0.25) is 0 Å². The van der Waals surface area contributed by atoms with Crippen molar-refractivity contribution in [3.8, 4) is 0 Å². The summed E-state index contributed by atoms with van der Waals surface area (Å²) >= 11 is 0. The highest BCUT2D eigenvalue weighted by Gasteiger charge is 2.29. The number of carbonyl (C=O) groups is 1. The van der Waals surface area contributed by atoms with Gasteiger partial charge in [0.2, 0.25) is 5.91 Å². The number of nitrogens with two attached hydrogens (primary N) is 1. The first-order valence-electron chi connectivity index (χ1n) is 7.68. The van der Waals surface area contributed by atoms with Crippen molar-refractivity contribution in [2.75, 3.05) is 12.8 Å². The molecule has 2 rings (SSSR count). The van der Waals surface area contributed by atoms with Crippen LogP contribution in [0.3, 0.4) is 0 Å². The lowest BCUT2D eigenvalue weighted by Crippen LogP contribution is -2.40. The third-order valence-electron chi connectivity index (χ3n) is 4.53. The molecule has 3 nitrogen and oxygen atoms in total. The van der Waals surface area contributed by atoms with Gasteiger partial charge in [-0.3, -0.25) is 4.79 Å². The summed E-state index contributed by atoms with van der Waals surface area (Å²) in [6.45, 7) is 4.62. The van der Waals surface area contributed by atoms with Crippen molar-refractivity contribution in [2.24, 2.45) is 5.41 Å². The molecule has 1 aromatic rings. The smallest absolute Gasteiger partial charge is 0.246 e. The van der Waals surface area contributed by atoms with Crippen molar-refractivity contribution in [3.63, 3.8) is 0 Å². The number of anilines is 1. The number of carbonyl (C=O) groups excluding carboxylic acids is 1. The van der Waals surface area contributed by atoms with Crippen LogP contribution in [0.4, 0.5) is 5.69 Å². The van der Waals surface area contributed by atoms with Gasteiger partial charge in [0.1, 0.15) is 0 Å². The molecule has 1 aromatic carbocycles. The van der Waals surface area contributed by atoms with Crippen LogP contribution in [0.25, 0.3) is 6.08 Å². The third kappa shape index (κ3) is 4.35. The second-order valence-electron chi connectivity index (χ2n) is 6.85. The molecular formula is C18H26N2O. The van der Waals surface area contributed by atoms with Crippen LogP contribution >= 0.6 is 0 Å². The van der Waals surface area contributed by atoms with Crippen LogP contribution < -0.4 is 5.73 Å². The van der Waals surface area contributed by atoms with Gasteiger partial charge in [-0.25, -0.2) is 0 Å². The standard InChI is InChI=1S/C18H26N2O/c1-18(2)11-9-16(10-12-18)20(3)17(21)8-7-14-5-4-6-15(19)13-14/h4-8,13,16H,9-12,19H2,1-3H3/b8-7+. The minimum Gasteiger partial charge on any atom is -0.399 e. The number of hydrogen-bond donors (Lipinski definition) is 1. The maximum atomic E-state index is 12.3. The number of amides is 1. The van der Waals surface area contributed by atoms with E-state index in [0.29, 0.717) is 17.1 Å². The van der Waals surface area contributed by atoms with Gasteiger partial charge in [0.05, 0.1) is 0 Å². The van der Waals surface area contributed by atoms with Crippen molar-refractivity contribution in [2.45, 2.75) is 45.6 Å². The van der Waals surface area contributed by atoms with Crippen LogP contribution in [0.15, 0.2) is 30.3 Å². The first kappa shape index (κ1) is 15.6. The van der Waals surface area contributed by atoms with Gasteiger partial charge < -0.3 is 10.6 Å². The Balaban J connectivity index is 1.94. The van der Waals surface area contributed by atoms with Crippen LogP contribution in [0.5, 0.6) is 0 Å². The Bertz CT molecular complexity index is 524. The number of likely N-dealkylation sites (N-methyl/N-ethyl adjacent to an activating group) is 1. The number of rotatable bonds is 3. The highest BCUT2D eigenvalue weighted by Crippen LogP contribution is 2.36. The molecule has 0 heterocycles. The van der Waals surface area contributed by atoms with Crippen molar-refractivity contribution in [3.05, 3.63) is 35.9 Å². The van der Waals surface area contributed by atoms with Gasteiger partial charge in [0, 0.05) is 24.9 Å². The Labute approximate surface area is 127 Å². The van der Waals surface area contributed by atoms with Crippen molar-refractivity contribution >= 4 is 17.7 Å². The zero-order chi connectivity index (χ0) is 15.5. The lowest BCUT2D eigenvalue weighted by atomic mass is 9.75. The summed E-state index contributed by atoms with van der Waals surface area (Å²) in [7, 11) is 1.91. The Morgan fingerprint density at radius 2 is 2.00 bits per heavy atom. The highest BCUT2D eigenvalue weighted by atomic mass is 16.2. The molecule has 3 heteroatoms. The summed E-state index contributed by atoms with van der Waals surface area (Å²) in [6.07, 6.45) is 8.06. The Kier molecular flexibility index (Phi) is 4.71. The van der Waals surface area contributed by atoms with E-state index in [0.717, 1.165) is 18.4 Å². The number of benzene rings is 1. The molecule has 0 radical (unpaired) electrons. The lowest BCUT2D eigenvalue weighted by molar-refractivity contribution is -0.127. The SMILES string of the molecule is CN(C(=O)/C=C/c1cccc(N)c1)C1CCC(C)(C)CC1. The van der Waals surface area contributed by atoms with Gasteiger partial charge in [0.15, 0.2) is 0 Å². The molecule has 0 unspecified atom stereocenters. The molecule has 1 amide bonds. The molecule has 1 aliphatic rings. The second-order valence-corrected chi connectivity index (χ2v) is 6.85. The van der Waals surface area contributed by atoms with Crippen LogP contribution in [-0.4, -0.2) is 23.9 Å². The van der Waals surface area contributed by atoms with Crippen molar-refractivity contribution < 1.29 is 4.79 Å². The van der Waals surface area contributed by atoms with Gasteiger partial charge in [-0.15, -0.1) is 0 Å². The van der Waals surface area contributed by atoms with Crippen molar-refractivity contribution in [1.29, 1.82) is 0 Å². The predicted molar refractivity (Wildman–Crippen MR) is 88.7 cm³/mol. The first-order valence-corrected chi connectivity index (χ1v) is 7.68. The van der Waals surface area contributed by atoms with E-state index >= 15 is 0 Å². The monoisotopic (exact) mass is 286 g/mol. The van der Waals surface area contributed by atoms with E-state index in [1.54, 1.807) is 6.08 Å². The normalized spacial score (nSPS) is 18.8. The maximum Gasteiger partial charge on any atom is 0.246 e. The molecule has 0 bridgehead atoms. The average molecular weight is 286 g/mol. The molecule has 21 heavy (non-hydrogen) atoms. The van der Waals surface area contributed by atoms with E-state index in [2.05, 4.69) is 13.8 Å². The van der Waals surface area contributed by atoms with Crippen LogP contribution in [-0.2, 0) is 4.79 Å². The van der Waals surface area contributed by atoms with E-state index < -0.39 is 0 Å². The Morgan fingerprint density at radius 3 is 2.62 bits per heavy atom. The summed E-state index contributed by atoms with van der Waals surface area (Å²) in [5, 5.41) is 0. The first-order chi connectivity index (χ1) is 9.87. The molecule has 114 valence electrons. The molecule has 1 saturated carbocycles. The molecule has 0 atom stereocenters. The summed E-state index contributed by atoms with van der Waals surface area (Å²) in [5.74, 6) is 0.0714. The maximum absolute atomic E-state index is 12.3. The number of hydrogen-bond acceptors (Lipinski definition) is 2. The summed E-state index contributed by atoms with van der Waals surface area (Å²) in [5.41, 5.74) is 7.84. The molecule has 0 aliphatic heterocycles. The Hall–Kier alpha value is -1.77. The minimum atomic E-state index is 0.0714. The summed E-state index contributed by atoms with van der Waals surface area (Å²) in [4.78, 5) is 14.2. The van der Waals surface area contributed by atoms with E-state index in [-0.39, 0.29) is 5.91 Å². The third-order valence-corrected chi connectivity index (χ3v) is 4.53. The molecule has 0 saturated heterocycles. The number of nitrogen functional groups attached to an aromatic ring is 1. The van der Waals surface area contributed by atoms with Gasteiger partial charge in [-0.2, -0.15) is 0 Å². The molecular weight excluding hydrogens is 260 g/mol. The minimum absolute atomic E-state index is 0.0714. The fraction of sp³-hybridized carbons (Fsp3) is 0.500. The molecule has 2 N–H and O–H groups in total. The zero-order valence-electron chi connectivity index (χ0n) is 13.3. The zero-order valence-corrected chi connectivity index (χ0v) is 13.3. The van der Waals surface area contributed by atoms with Gasteiger partial charge in [-0.1, -0.05) is 26.0 Å². The number of nitrogens with zero attached hydrogens (tertiary/aromatic N) is 1. The summed E-state index contributed by atoms with van der Waals surface area (Å²) < 4.78 is 0.